The summed E-state index contributed by atoms with van der Waals surface area (Å²) in [6.45, 7) is 8.44. The zero-order valence-corrected chi connectivity index (χ0v) is 12.3. The van der Waals surface area contributed by atoms with Crippen molar-refractivity contribution in [3.8, 4) is 0 Å². The summed E-state index contributed by atoms with van der Waals surface area (Å²) in [6, 6.07) is 4.40. The van der Waals surface area contributed by atoms with Crippen LogP contribution < -0.4 is 11.3 Å². The Morgan fingerprint density at radius 3 is 2.21 bits per heavy atom. The van der Waals surface area contributed by atoms with E-state index in [4.69, 9.17) is 5.84 Å². The molecule has 1 atom stereocenters. The second kappa shape index (κ2) is 5.15. The molecule has 0 saturated heterocycles. The van der Waals surface area contributed by atoms with E-state index in [0.29, 0.717) is 0 Å². The Morgan fingerprint density at radius 2 is 1.68 bits per heavy atom. The molecule has 0 radical (unpaired) electrons. The van der Waals surface area contributed by atoms with Crippen LogP contribution in [-0.2, 0) is 7.05 Å². The molecule has 0 spiro atoms. The van der Waals surface area contributed by atoms with Gasteiger partial charge in [-0.3, -0.25) is 10.5 Å². The van der Waals surface area contributed by atoms with Gasteiger partial charge in [-0.05, 0) is 49.9 Å². The Hall–Kier alpha value is -1.65. The van der Waals surface area contributed by atoms with Crippen LogP contribution in [0.2, 0.25) is 0 Å². The predicted octanol–water partition coefficient (Wildman–Crippen LogP) is 2.21. The van der Waals surface area contributed by atoms with E-state index in [9.17, 15) is 0 Å². The summed E-state index contributed by atoms with van der Waals surface area (Å²) in [4.78, 5) is 0. The highest BCUT2D eigenvalue weighted by Gasteiger charge is 2.19. The standard InChI is InChI=1S/C15H22N4/c1-9-6-11(3)13(7-10(9)2)15(18-16)14-8-17-19(5)12(14)4/h6-8,15,18H,16H2,1-5H3. The molecule has 0 aliphatic carbocycles. The van der Waals surface area contributed by atoms with Crippen LogP contribution in [0.3, 0.4) is 0 Å². The molecule has 2 aromatic rings. The third-order valence-electron chi connectivity index (χ3n) is 3.94. The summed E-state index contributed by atoms with van der Waals surface area (Å²) in [5.74, 6) is 5.78. The molecule has 0 aliphatic rings. The van der Waals surface area contributed by atoms with Gasteiger partial charge in [0.15, 0.2) is 0 Å². The van der Waals surface area contributed by atoms with Crippen LogP contribution in [0.4, 0.5) is 0 Å². The minimum absolute atomic E-state index is 0.0204. The summed E-state index contributed by atoms with van der Waals surface area (Å²) in [5.41, 5.74) is 10.2. The lowest BCUT2D eigenvalue weighted by Gasteiger charge is -2.20. The van der Waals surface area contributed by atoms with E-state index in [1.807, 2.05) is 17.9 Å². The van der Waals surface area contributed by atoms with Crippen molar-refractivity contribution in [2.75, 3.05) is 0 Å². The van der Waals surface area contributed by atoms with E-state index in [-0.39, 0.29) is 6.04 Å². The smallest absolute Gasteiger partial charge is 0.0746 e. The van der Waals surface area contributed by atoms with Crippen molar-refractivity contribution < 1.29 is 0 Å². The van der Waals surface area contributed by atoms with E-state index in [0.717, 1.165) is 11.3 Å². The quantitative estimate of drug-likeness (QED) is 0.655. The van der Waals surface area contributed by atoms with Gasteiger partial charge in [0.25, 0.3) is 0 Å². The van der Waals surface area contributed by atoms with Crippen LogP contribution in [0.15, 0.2) is 18.3 Å². The van der Waals surface area contributed by atoms with E-state index in [1.54, 1.807) is 0 Å². The average molecular weight is 258 g/mol. The van der Waals surface area contributed by atoms with Crippen molar-refractivity contribution in [2.24, 2.45) is 12.9 Å². The fraction of sp³-hybridized carbons (Fsp3) is 0.400. The molecule has 19 heavy (non-hydrogen) atoms. The van der Waals surface area contributed by atoms with Crippen LogP contribution in [0.5, 0.6) is 0 Å². The van der Waals surface area contributed by atoms with Crippen LogP contribution in [0, 0.1) is 27.7 Å². The van der Waals surface area contributed by atoms with E-state index in [2.05, 4.69) is 50.4 Å². The number of nitrogens with two attached hydrogens (primary N) is 1. The summed E-state index contributed by atoms with van der Waals surface area (Å²) in [5, 5.41) is 4.30. The first-order valence-electron chi connectivity index (χ1n) is 6.48. The summed E-state index contributed by atoms with van der Waals surface area (Å²) in [6.07, 6.45) is 1.88. The molecule has 0 saturated carbocycles. The fourth-order valence-corrected chi connectivity index (χ4v) is 2.44. The zero-order chi connectivity index (χ0) is 14.2. The molecule has 1 aromatic carbocycles. The molecule has 1 unspecified atom stereocenters. The monoisotopic (exact) mass is 258 g/mol. The molecule has 4 heteroatoms. The number of hydrogen-bond acceptors (Lipinski definition) is 3. The largest absolute Gasteiger partial charge is 0.273 e. The van der Waals surface area contributed by atoms with Crippen molar-refractivity contribution in [2.45, 2.75) is 33.7 Å². The first-order valence-corrected chi connectivity index (χ1v) is 6.48. The average Bonchev–Trinajstić information content (AvgIpc) is 2.68. The van der Waals surface area contributed by atoms with Gasteiger partial charge in [0, 0.05) is 18.3 Å². The summed E-state index contributed by atoms with van der Waals surface area (Å²) >= 11 is 0. The molecule has 0 aliphatic heterocycles. The first kappa shape index (κ1) is 13.8. The Balaban J connectivity index is 2.54. The lowest BCUT2D eigenvalue weighted by molar-refractivity contribution is 0.626. The van der Waals surface area contributed by atoms with Gasteiger partial charge in [-0.15, -0.1) is 0 Å². The number of nitrogens with one attached hydrogen (secondary N) is 1. The Labute approximate surface area is 114 Å². The number of benzene rings is 1. The van der Waals surface area contributed by atoms with Crippen molar-refractivity contribution in [3.05, 3.63) is 51.8 Å². The van der Waals surface area contributed by atoms with Crippen LogP contribution in [-0.4, -0.2) is 9.78 Å². The van der Waals surface area contributed by atoms with Gasteiger partial charge in [0.2, 0.25) is 0 Å². The summed E-state index contributed by atoms with van der Waals surface area (Å²) < 4.78 is 1.87. The summed E-state index contributed by atoms with van der Waals surface area (Å²) in [7, 11) is 1.94. The molecule has 0 fully saturated rings. The number of nitrogens with zero attached hydrogens (tertiary/aromatic N) is 2. The van der Waals surface area contributed by atoms with Gasteiger partial charge in [-0.2, -0.15) is 5.10 Å². The molecule has 2 rings (SSSR count). The lowest BCUT2D eigenvalue weighted by Crippen LogP contribution is -2.29. The molecular weight excluding hydrogens is 236 g/mol. The number of hydrogen-bond donors (Lipinski definition) is 2. The van der Waals surface area contributed by atoms with E-state index in [1.165, 1.54) is 22.3 Å². The first-order chi connectivity index (χ1) is 8.95. The maximum atomic E-state index is 5.78. The highest BCUT2D eigenvalue weighted by atomic mass is 15.3. The number of rotatable bonds is 3. The SMILES string of the molecule is Cc1cc(C)c(C(NN)c2cnn(C)c2C)cc1C. The molecule has 4 nitrogen and oxygen atoms in total. The number of aromatic nitrogens is 2. The number of hydrazine groups is 1. The molecule has 0 bridgehead atoms. The van der Waals surface area contributed by atoms with Crippen molar-refractivity contribution >= 4 is 0 Å². The minimum Gasteiger partial charge on any atom is -0.273 e. The third kappa shape index (κ3) is 2.41. The van der Waals surface area contributed by atoms with Crippen molar-refractivity contribution in [3.63, 3.8) is 0 Å². The van der Waals surface area contributed by atoms with Gasteiger partial charge in [0.1, 0.15) is 0 Å². The highest BCUT2D eigenvalue weighted by Crippen LogP contribution is 2.28. The zero-order valence-electron chi connectivity index (χ0n) is 12.3. The van der Waals surface area contributed by atoms with Gasteiger partial charge in [-0.25, -0.2) is 5.43 Å². The van der Waals surface area contributed by atoms with Crippen molar-refractivity contribution in [1.82, 2.24) is 15.2 Å². The molecule has 3 N–H and O–H groups in total. The van der Waals surface area contributed by atoms with Gasteiger partial charge < -0.3 is 0 Å². The molecule has 0 amide bonds. The van der Waals surface area contributed by atoms with E-state index < -0.39 is 0 Å². The fourth-order valence-electron chi connectivity index (χ4n) is 2.44. The second-order valence-corrected chi connectivity index (χ2v) is 5.20. The second-order valence-electron chi connectivity index (χ2n) is 5.20. The maximum Gasteiger partial charge on any atom is 0.0746 e. The molecule has 1 aromatic heterocycles. The molecular formula is C15H22N4. The Kier molecular flexibility index (Phi) is 3.73. The van der Waals surface area contributed by atoms with Gasteiger partial charge in [0.05, 0.1) is 12.2 Å². The predicted molar refractivity (Wildman–Crippen MR) is 77.8 cm³/mol. The van der Waals surface area contributed by atoms with Gasteiger partial charge in [-0.1, -0.05) is 12.1 Å². The van der Waals surface area contributed by atoms with Crippen LogP contribution >= 0.6 is 0 Å². The van der Waals surface area contributed by atoms with Gasteiger partial charge >= 0.3 is 0 Å². The number of aryl methyl sites for hydroxylation is 4. The third-order valence-corrected chi connectivity index (χ3v) is 3.94. The van der Waals surface area contributed by atoms with Crippen LogP contribution in [0.1, 0.15) is 39.6 Å². The topological polar surface area (TPSA) is 55.9 Å². The van der Waals surface area contributed by atoms with Crippen molar-refractivity contribution in [1.29, 1.82) is 0 Å². The maximum absolute atomic E-state index is 5.78. The van der Waals surface area contributed by atoms with E-state index >= 15 is 0 Å². The Morgan fingerprint density at radius 1 is 1.05 bits per heavy atom. The minimum atomic E-state index is -0.0204. The Bertz CT molecular complexity index is 598. The lowest BCUT2D eigenvalue weighted by atomic mass is 9.92. The molecule has 1 heterocycles. The highest BCUT2D eigenvalue weighted by molar-refractivity contribution is 5.42. The molecule has 102 valence electrons. The van der Waals surface area contributed by atoms with Crippen LogP contribution in [0.25, 0.3) is 0 Å². The normalized spacial score (nSPS) is 12.7.